The molecular weight excluding hydrogens is 416 g/mol. The maximum absolute atomic E-state index is 12.5. The second-order valence-electron chi connectivity index (χ2n) is 4.90. The van der Waals surface area contributed by atoms with Gasteiger partial charge >= 0.3 is 0 Å². The Morgan fingerprint density at radius 3 is 2.42 bits per heavy atom. The minimum atomic E-state index is -3.78. The normalized spacial score (nSPS) is 11.1. The summed E-state index contributed by atoms with van der Waals surface area (Å²) in [7, 11) is -3.78. The van der Waals surface area contributed by atoms with E-state index in [-0.39, 0.29) is 22.1 Å². The van der Waals surface area contributed by atoms with Gasteiger partial charge in [0.25, 0.3) is 15.9 Å². The number of hydrogen-bond acceptors (Lipinski definition) is 3. The van der Waals surface area contributed by atoms with Crippen molar-refractivity contribution in [3.8, 4) is 0 Å². The molecule has 0 fully saturated rings. The first-order valence-electron chi connectivity index (χ1n) is 7.15. The average molecular weight is 432 g/mol. The van der Waals surface area contributed by atoms with Crippen LogP contribution in [0.1, 0.15) is 16.8 Å². The summed E-state index contributed by atoms with van der Waals surface area (Å²) in [5.41, 5.74) is 0.483. The molecule has 0 spiro atoms. The predicted molar refractivity (Wildman–Crippen MR) is 99.1 cm³/mol. The summed E-state index contributed by atoms with van der Waals surface area (Å²) in [4.78, 5) is 12.3. The van der Waals surface area contributed by atoms with Gasteiger partial charge in [0.1, 0.15) is 0 Å². The molecule has 5 nitrogen and oxygen atoms in total. The van der Waals surface area contributed by atoms with Gasteiger partial charge in [0.2, 0.25) is 0 Å². The number of nitrogens with one attached hydrogen (secondary N) is 2. The molecule has 2 aromatic rings. The van der Waals surface area contributed by atoms with Crippen LogP contribution >= 0.6 is 27.5 Å². The molecule has 0 unspecified atom stereocenters. The predicted octanol–water partition coefficient (Wildman–Crippen LogP) is 3.61. The van der Waals surface area contributed by atoms with Crippen LogP contribution < -0.4 is 10.0 Å². The van der Waals surface area contributed by atoms with Crippen molar-refractivity contribution in [2.24, 2.45) is 0 Å². The van der Waals surface area contributed by atoms with Crippen LogP contribution in [0, 0.1) is 0 Å². The number of sulfonamides is 1. The van der Waals surface area contributed by atoms with Gasteiger partial charge in [-0.15, -0.1) is 11.6 Å². The van der Waals surface area contributed by atoms with Gasteiger partial charge < -0.3 is 5.32 Å². The molecule has 0 bridgehead atoms. The number of carbonyl (C=O) groups is 1. The first kappa shape index (κ1) is 18.8. The molecule has 0 aliphatic carbocycles. The van der Waals surface area contributed by atoms with Gasteiger partial charge in [-0.2, -0.15) is 0 Å². The second-order valence-corrected chi connectivity index (χ2v) is 7.88. The van der Waals surface area contributed by atoms with Crippen LogP contribution in [-0.4, -0.2) is 26.7 Å². The van der Waals surface area contributed by atoms with E-state index in [1.165, 1.54) is 12.1 Å². The number of anilines is 1. The summed E-state index contributed by atoms with van der Waals surface area (Å²) < 4.78 is 28.2. The van der Waals surface area contributed by atoms with E-state index < -0.39 is 10.0 Å². The highest BCUT2D eigenvalue weighted by Gasteiger charge is 2.18. The summed E-state index contributed by atoms with van der Waals surface area (Å²) in [5.74, 6) is 0.0900. The topological polar surface area (TPSA) is 75.3 Å². The molecule has 8 heteroatoms. The maximum atomic E-state index is 12.5. The number of amides is 1. The number of halogens is 2. The van der Waals surface area contributed by atoms with Gasteiger partial charge in [0, 0.05) is 16.9 Å². The number of benzene rings is 2. The fourth-order valence-electron chi connectivity index (χ4n) is 1.95. The van der Waals surface area contributed by atoms with Crippen LogP contribution in [0.3, 0.4) is 0 Å². The first-order valence-corrected chi connectivity index (χ1v) is 9.96. The van der Waals surface area contributed by atoms with E-state index in [0.717, 1.165) is 4.47 Å². The number of hydrogen-bond donors (Lipinski definition) is 2. The van der Waals surface area contributed by atoms with E-state index in [4.69, 9.17) is 11.6 Å². The smallest absolute Gasteiger partial charge is 0.261 e. The highest BCUT2D eigenvalue weighted by molar-refractivity contribution is 9.10. The van der Waals surface area contributed by atoms with Gasteiger partial charge in [-0.3, -0.25) is 9.52 Å². The molecular formula is C16H16BrClN2O3S. The minimum absolute atomic E-state index is 0.114. The Morgan fingerprint density at radius 1 is 1.08 bits per heavy atom. The molecule has 2 aromatic carbocycles. The lowest BCUT2D eigenvalue weighted by Crippen LogP contribution is -2.26. The van der Waals surface area contributed by atoms with Crippen molar-refractivity contribution in [3.63, 3.8) is 0 Å². The number of carbonyl (C=O) groups excluding carboxylic acids is 1. The SMILES string of the molecule is O=C(NCCCCl)c1ccccc1NS(=O)(=O)c1ccc(Br)cc1. The van der Waals surface area contributed by atoms with Gasteiger partial charge in [-0.1, -0.05) is 28.1 Å². The third-order valence-electron chi connectivity index (χ3n) is 3.14. The van der Waals surface area contributed by atoms with E-state index in [2.05, 4.69) is 26.0 Å². The molecule has 1 amide bonds. The van der Waals surface area contributed by atoms with Crippen molar-refractivity contribution in [1.82, 2.24) is 5.32 Å². The third-order valence-corrected chi connectivity index (χ3v) is 5.31. The van der Waals surface area contributed by atoms with Crippen LogP contribution in [0.2, 0.25) is 0 Å². The minimum Gasteiger partial charge on any atom is -0.352 e. The molecule has 24 heavy (non-hydrogen) atoms. The highest BCUT2D eigenvalue weighted by atomic mass is 79.9. The van der Waals surface area contributed by atoms with Gasteiger partial charge in [0.15, 0.2) is 0 Å². The van der Waals surface area contributed by atoms with Crippen LogP contribution in [0.5, 0.6) is 0 Å². The molecule has 2 rings (SSSR count). The quantitative estimate of drug-likeness (QED) is 0.519. The Bertz CT molecular complexity index is 810. The Morgan fingerprint density at radius 2 is 1.75 bits per heavy atom. The molecule has 0 aliphatic rings. The molecule has 0 aliphatic heterocycles. The Kier molecular flexibility index (Phi) is 6.65. The van der Waals surface area contributed by atoms with Crippen molar-refractivity contribution >= 4 is 49.1 Å². The fraction of sp³-hybridized carbons (Fsp3) is 0.188. The summed E-state index contributed by atoms with van der Waals surface area (Å²) in [6.45, 7) is 0.427. The standard InChI is InChI=1S/C16H16BrClN2O3S/c17-12-6-8-13(9-7-12)24(22,23)20-15-5-2-1-4-14(15)16(21)19-11-3-10-18/h1-2,4-9,20H,3,10-11H2,(H,19,21). The molecule has 0 radical (unpaired) electrons. The lowest BCUT2D eigenvalue weighted by Gasteiger charge is -2.12. The Hall–Kier alpha value is -1.57. The van der Waals surface area contributed by atoms with E-state index in [0.29, 0.717) is 18.8 Å². The summed E-state index contributed by atoms with van der Waals surface area (Å²) in [6, 6.07) is 12.7. The molecule has 128 valence electrons. The van der Waals surface area contributed by atoms with Crippen LogP contribution in [0.15, 0.2) is 57.9 Å². The van der Waals surface area contributed by atoms with E-state index >= 15 is 0 Å². The molecule has 0 saturated heterocycles. The highest BCUT2D eigenvalue weighted by Crippen LogP contribution is 2.21. The molecule has 0 heterocycles. The van der Waals surface area contributed by atoms with E-state index in [9.17, 15) is 13.2 Å². The van der Waals surface area contributed by atoms with Crippen molar-refractivity contribution in [2.75, 3.05) is 17.1 Å². The van der Waals surface area contributed by atoms with Gasteiger partial charge in [-0.05, 0) is 42.8 Å². The lowest BCUT2D eigenvalue weighted by atomic mass is 10.1. The van der Waals surface area contributed by atoms with Crippen molar-refractivity contribution in [2.45, 2.75) is 11.3 Å². The molecule has 0 atom stereocenters. The second kappa shape index (κ2) is 8.50. The van der Waals surface area contributed by atoms with E-state index in [1.807, 2.05) is 0 Å². The summed E-state index contributed by atoms with van der Waals surface area (Å²) >= 11 is 8.84. The van der Waals surface area contributed by atoms with Gasteiger partial charge in [0.05, 0.1) is 16.1 Å². The van der Waals surface area contributed by atoms with E-state index in [1.54, 1.807) is 36.4 Å². The van der Waals surface area contributed by atoms with Crippen LogP contribution in [0.25, 0.3) is 0 Å². The molecule has 2 N–H and O–H groups in total. The molecule has 0 aromatic heterocycles. The fourth-order valence-corrected chi connectivity index (χ4v) is 3.43. The van der Waals surface area contributed by atoms with Crippen molar-refractivity contribution in [3.05, 3.63) is 58.6 Å². The van der Waals surface area contributed by atoms with Crippen LogP contribution in [0.4, 0.5) is 5.69 Å². The summed E-state index contributed by atoms with van der Waals surface area (Å²) in [6.07, 6.45) is 0.639. The third kappa shape index (κ3) is 4.96. The molecule has 0 saturated carbocycles. The zero-order valence-electron chi connectivity index (χ0n) is 12.6. The monoisotopic (exact) mass is 430 g/mol. The number of para-hydroxylation sites is 1. The summed E-state index contributed by atoms with van der Waals surface area (Å²) in [5, 5.41) is 2.71. The van der Waals surface area contributed by atoms with Crippen molar-refractivity contribution < 1.29 is 13.2 Å². The zero-order valence-corrected chi connectivity index (χ0v) is 15.8. The van der Waals surface area contributed by atoms with Gasteiger partial charge in [-0.25, -0.2) is 8.42 Å². The largest absolute Gasteiger partial charge is 0.352 e. The first-order chi connectivity index (χ1) is 11.4. The average Bonchev–Trinajstić information content (AvgIpc) is 2.55. The Labute approximate surface area is 154 Å². The number of alkyl halides is 1. The lowest BCUT2D eigenvalue weighted by molar-refractivity contribution is 0.0954. The zero-order chi connectivity index (χ0) is 17.6. The van der Waals surface area contributed by atoms with Crippen LogP contribution in [-0.2, 0) is 10.0 Å². The maximum Gasteiger partial charge on any atom is 0.261 e. The number of rotatable bonds is 7. The van der Waals surface area contributed by atoms with Crippen molar-refractivity contribution in [1.29, 1.82) is 0 Å². The Balaban J connectivity index is 2.23.